The number of anilines is 2. The number of nitrogens with one attached hydrogen (secondary N) is 1. The molecule has 1 heterocycles. The first-order valence-electron chi connectivity index (χ1n) is 2.82. The fourth-order valence-electron chi connectivity index (χ4n) is 0.764. The summed E-state index contributed by atoms with van der Waals surface area (Å²) in [6, 6.07) is 1.94. The minimum absolute atomic E-state index is 0.722. The van der Waals surface area contributed by atoms with E-state index in [2.05, 4.69) is 4.98 Å². The number of aromatic amines is 1. The van der Waals surface area contributed by atoms with Gasteiger partial charge in [0, 0.05) is 20.3 Å². The number of hydrogen-bond donors (Lipinski definition) is 2. The van der Waals surface area contributed by atoms with Crippen LogP contribution >= 0.6 is 0 Å². The monoisotopic (exact) mass is 125 g/mol. The zero-order valence-corrected chi connectivity index (χ0v) is 5.68. The normalized spacial score (nSPS) is 9.56. The molecule has 0 atom stereocenters. The third-order valence-corrected chi connectivity index (χ3v) is 1.24. The second-order valence-electron chi connectivity index (χ2n) is 2.17. The molecule has 0 aromatic carbocycles. The highest BCUT2D eigenvalue weighted by Gasteiger charge is 1.98. The Kier molecular flexibility index (Phi) is 1.34. The highest BCUT2D eigenvalue weighted by atomic mass is 15.1. The van der Waals surface area contributed by atoms with E-state index in [4.69, 9.17) is 5.73 Å². The maximum atomic E-state index is 5.54. The van der Waals surface area contributed by atoms with Gasteiger partial charge in [-0.1, -0.05) is 0 Å². The third-order valence-electron chi connectivity index (χ3n) is 1.24. The summed E-state index contributed by atoms with van der Waals surface area (Å²) in [6.07, 6.45) is 1.82. The number of hydrogen-bond acceptors (Lipinski definition) is 2. The van der Waals surface area contributed by atoms with Crippen LogP contribution in [-0.2, 0) is 0 Å². The zero-order valence-electron chi connectivity index (χ0n) is 5.68. The number of rotatable bonds is 1. The van der Waals surface area contributed by atoms with E-state index in [1.54, 1.807) is 0 Å². The zero-order chi connectivity index (χ0) is 6.85. The van der Waals surface area contributed by atoms with Crippen molar-refractivity contribution in [2.24, 2.45) is 0 Å². The maximum absolute atomic E-state index is 5.54. The molecule has 0 saturated heterocycles. The summed E-state index contributed by atoms with van der Waals surface area (Å²) < 4.78 is 0. The van der Waals surface area contributed by atoms with Crippen molar-refractivity contribution >= 4 is 11.5 Å². The molecule has 3 N–H and O–H groups in total. The summed E-state index contributed by atoms with van der Waals surface area (Å²) in [5, 5.41) is 0. The van der Waals surface area contributed by atoms with Gasteiger partial charge in [-0.3, -0.25) is 0 Å². The SMILES string of the molecule is CN(C)c1cc[nH]c1N. The summed E-state index contributed by atoms with van der Waals surface area (Å²) in [7, 11) is 3.92. The van der Waals surface area contributed by atoms with Crippen LogP contribution in [0.25, 0.3) is 0 Å². The van der Waals surface area contributed by atoms with Crippen LogP contribution in [0, 0.1) is 0 Å². The quantitative estimate of drug-likeness (QED) is 0.579. The van der Waals surface area contributed by atoms with Gasteiger partial charge in [0.15, 0.2) is 0 Å². The second kappa shape index (κ2) is 2.01. The van der Waals surface area contributed by atoms with Crippen molar-refractivity contribution in [2.45, 2.75) is 0 Å². The lowest BCUT2D eigenvalue weighted by molar-refractivity contribution is 1.14. The number of nitrogens with two attached hydrogens (primary N) is 1. The predicted molar refractivity (Wildman–Crippen MR) is 39.5 cm³/mol. The Morgan fingerprint density at radius 2 is 2.22 bits per heavy atom. The number of H-pyrrole nitrogens is 1. The molecule has 1 aromatic rings. The number of nitrogens with zero attached hydrogens (tertiary/aromatic N) is 1. The van der Waals surface area contributed by atoms with Crippen LogP contribution in [0.4, 0.5) is 11.5 Å². The Balaban J connectivity index is 2.94. The van der Waals surface area contributed by atoms with Crippen molar-refractivity contribution in [1.29, 1.82) is 0 Å². The fourth-order valence-corrected chi connectivity index (χ4v) is 0.764. The van der Waals surface area contributed by atoms with Gasteiger partial charge in [0.05, 0.1) is 5.69 Å². The van der Waals surface area contributed by atoms with Gasteiger partial charge in [0.25, 0.3) is 0 Å². The molecule has 0 aliphatic rings. The highest BCUT2D eigenvalue weighted by Crippen LogP contribution is 2.17. The molecule has 0 bridgehead atoms. The van der Waals surface area contributed by atoms with Gasteiger partial charge in [0.1, 0.15) is 5.82 Å². The molecule has 0 saturated carbocycles. The van der Waals surface area contributed by atoms with Crippen molar-refractivity contribution in [1.82, 2.24) is 4.98 Å². The molecule has 3 heteroatoms. The first-order valence-corrected chi connectivity index (χ1v) is 2.82. The van der Waals surface area contributed by atoms with Crippen molar-refractivity contribution in [3.63, 3.8) is 0 Å². The Labute approximate surface area is 54.5 Å². The third kappa shape index (κ3) is 0.988. The van der Waals surface area contributed by atoms with Crippen molar-refractivity contribution in [3.05, 3.63) is 12.3 Å². The van der Waals surface area contributed by atoms with Crippen LogP contribution in [0.15, 0.2) is 12.3 Å². The summed E-state index contributed by atoms with van der Waals surface area (Å²) in [5.41, 5.74) is 6.58. The summed E-state index contributed by atoms with van der Waals surface area (Å²) in [6.45, 7) is 0. The van der Waals surface area contributed by atoms with Crippen LogP contribution < -0.4 is 10.6 Å². The lowest BCUT2D eigenvalue weighted by atomic mass is 10.4. The van der Waals surface area contributed by atoms with Gasteiger partial charge in [0.2, 0.25) is 0 Å². The molecule has 1 rings (SSSR count). The van der Waals surface area contributed by atoms with E-state index >= 15 is 0 Å². The Hall–Kier alpha value is -1.12. The minimum Gasteiger partial charge on any atom is -0.384 e. The van der Waals surface area contributed by atoms with Crippen LogP contribution in [-0.4, -0.2) is 19.1 Å². The van der Waals surface area contributed by atoms with Gasteiger partial charge in [-0.25, -0.2) is 0 Å². The molecular weight excluding hydrogens is 114 g/mol. The van der Waals surface area contributed by atoms with E-state index < -0.39 is 0 Å². The molecule has 1 aromatic heterocycles. The lowest BCUT2D eigenvalue weighted by Crippen LogP contribution is -2.09. The molecule has 3 nitrogen and oxygen atoms in total. The summed E-state index contributed by atoms with van der Waals surface area (Å²) in [4.78, 5) is 4.85. The molecular formula is C6H11N3. The molecule has 0 radical (unpaired) electrons. The number of nitrogen functional groups attached to an aromatic ring is 1. The smallest absolute Gasteiger partial charge is 0.124 e. The van der Waals surface area contributed by atoms with Crippen molar-refractivity contribution in [3.8, 4) is 0 Å². The highest BCUT2D eigenvalue weighted by molar-refractivity contribution is 5.62. The van der Waals surface area contributed by atoms with E-state index in [0.29, 0.717) is 0 Å². The molecule has 0 aliphatic carbocycles. The van der Waals surface area contributed by atoms with Crippen LogP contribution in [0.2, 0.25) is 0 Å². The molecule has 50 valence electrons. The molecule has 0 spiro atoms. The van der Waals surface area contributed by atoms with Gasteiger partial charge in [-0.2, -0.15) is 0 Å². The standard InChI is InChI=1S/C6H11N3/c1-9(2)5-3-4-8-6(5)7/h3-4,8H,7H2,1-2H3. The van der Waals surface area contributed by atoms with Crippen LogP contribution in [0.5, 0.6) is 0 Å². The molecule has 0 amide bonds. The van der Waals surface area contributed by atoms with E-state index in [9.17, 15) is 0 Å². The van der Waals surface area contributed by atoms with Crippen LogP contribution in [0.1, 0.15) is 0 Å². The average Bonchev–Trinajstić information content (AvgIpc) is 2.13. The van der Waals surface area contributed by atoms with Crippen molar-refractivity contribution in [2.75, 3.05) is 24.7 Å². The average molecular weight is 125 g/mol. The molecule has 0 aliphatic heterocycles. The van der Waals surface area contributed by atoms with E-state index in [-0.39, 0.29) is 0 Å². The fraction of sp³-hybridized carbons (Fsp3) is 0.333. The molecule has 0 unspecified atom stereocenters. The Morgan fingerprint density at radius 1 is 1.56 bits per heavy atom. The summed E-state index contributed by atoms with van der Waals surface area (Å²) >= 11 is 0. The van der Waals surface area contributed by atoms with Gasteiger partial charge < -0.3 is 15.6 Å². The Morgan fingerprint density at radius 3 is 2.44 bits per heavy atom. The van der Waals surface area contributed by atoms with Gasteiger partial charge in [-0.15, -0.1) is 0 Å². The van der Waals surface area contributed by atoms with E-state index in [1.807, 2.05) is 31.3 Å². The summed E-state index contributed by atoms with van der Waals surface area (Å²) in [5.74, 6) is 0.722. The first kappa shape index (κ1) is 6.01. The van der Waals surface area contributed by atoms with E-state index in [1.165, 1.54) is 0 Å². The minimum atomic E-state index is 0.722. The van der Waals surface area contributed by atoms with Crippen LogP contribution in [0.3, 0.4) is 0 Å². The second-order valence-corrected chi connectivity index (χ2v) is 2.17. The molecule has 9 heavy (non-hydrogen) atoms. The largest absolute Gasteiger partial charge is 0.384 e. The van der Waals surface area contributed by atoms with E-state index in [0.717, 1.165) is 11.5 Å². The van der Waals surface area contributed by atoms with Gasteiger partial charge in [-0.05, 0) is 6.07 Å². The Bertz CT molecular complexity index is 190. The first-order chi connectivity index (χ1) is 4.22. The number of aromatic nitrogens is 1. The molecule has 0 fully saturated rings. The van der Waals surface area contributed by atoms with Gasteiger partial charge >= 0.3 is 0 Å². The maximum Gasteiger partial charge on any atom is 0.124 e. The topological polar surface area (TPSA) is 45.0 Å². The predicted octanol–water partition coefficient (Wildman–Crippen LogP) is 0.663. The van der Waals surface area contributed by atoms with Crippen molar-refractivity contribution < 1.29 is 0 Å². The lowest BCUT2D eigenvalue weighted by Gasteiger charge is -2.09.